The van der Waals surface area contributed by atoms with Gasteiger partial charge in [-0.15, -0.1) is 0 Å². The number of carbonyl (C=O) groups is 2. The van der Waals surface area contributed by atoms with Gasteiger partial charge in [-0.3, -0.25) is 9.59 Å². The van der Waals surface area contributed by atoms with Crippen molar-refractivity contribution in [3.05, 3.63) is 29.8 Å². The minimum absolute atomic E-state index is 0.0796. The molecule has 0 atom stereocenters. The number of aromatic hydroxyl groups is 1. The van der Waals surface area contributed by atoms with Crippen LogP contribution in [0.1, 0.15) is 89.5 Å². The number of hydrogen-bond donors (Lipinski definition) is 3. The number of hydrazone groups is 1. The molecule has 0 spiro atoms. The molecule has 0 fully saturated rings. The van der Waals surface area contributed by atoms with E-state index in [2.05, 4.69) is 22.8 Å². The summed E-state index contributed by atoms with van der Waals surface area (Å²) in [5, 5.41) is 15.6. The molecule has 0 bridgehead atoms. The van der Waals surface area contributed by atoms with Crippen LogP contribution in [-0.4, -0.2) is 29.7 Å². The molecule has 0 saturated carbocycles. The number of rotatable bonds is 16. The van der Waals surface area contributed by atoms with Crippen LogP contribution in [0.15, 0.2) is 29.4 Å². The Bertz CT molecular complexity index is 600. The molecule has 0 aromatic heterocycles. The molecule has 6 nitrogen and oxygen atoms in total. The number of amides is 2. The Hall–Kier alpha value is -2.37. The lowest BCUT2D eigenvalue weighted by Gasteiger charge is -2.05. The number of nitrogens with zero attached hydrogens (tertiary/aromatic N) is 1. The molecule has 0 saturated heterocycles. The summed E-state index contributed by atoms with van der Waals surface area (Å²) >= 11 is 0. The van der Waals surface area contributed by atoms with Crippen molar-refractivity contribution >= 4 is 18.0 Å². The highest BCUT2D eigenvalue weighted by Gasteiger charge is 2.04. The predicted molar refractivity (Wildman–Crippen MR) is 118 cm³/mol. The van der Waals surface area contributed by atoms with Crippen molar-refractivity contribution in [3.63, 3.8) is 0 Å². The molecule has 2 amide bonds. The molecule has 1 aromatic carbocycles. The van der Waals surface area contributed by atoms with Gasteiger partial charge in [0.25, 0.3) is 5.91 Å². The topological polar surface area (TPSA) is 90.8 Å². The van der Waals surface area contributed by atoms with Crippen LogP contribution in [0.25, 0.3) is 0 Å². The van der Waals surface area contributed by atoms with Gasteiger partial charge in [0, 0.05) is 6.42 Å². The molecule has 1 aromatic rings. The van der Waals surface area contributed by atoms with Crippen molar-refractivity contribution < 1.29 is 14.7 Å². The molecule has 0 unspecified atom stereocenters. The molecular formula is C23H37N3O3. The maximum atomic E-state index is 11.8. The van der Waals surface area contributed by atoms with Gasteiger partial charge in [0.1, 0.15) is 5.75 Å². The summed E-state index contributed by atoms with van der Waals surface area (Å²) in [5.74, 6) is -0.294. The monoisotopic (exact) mass is 403 g/mol. The second kappa shape index (κ2) is 16.6. The number of phenolic OH excluding ortho intramolecular Hbond substituents is 1. The summed E-state index contributed by atoms with van der Waals surface area (Å²) in [4.78, 5) is 23.5. The first kappa shape index (κ1) is 24.7. The molecular weight excluding hydrogens is 366 g/mol. The van der Waals surface area contributed by atoms with E-state index in [1.165, 1.54) is 76.1 Å². The second-order valence-corrected chi connectivity index (χ2v) is 7.45. The van der Waals surface area contributed by atoms with Crippen LogP contribution in [0.2, 0.25) is 0 Å². The highest BCUT2D eigenvalue weighted by atomic mass is 16.3. The lowest BCUT2D eigenvalue weighted by Crippen LogP contribution is -2.34. The Balaban J connectivity index is 1.95. The largest absolute Gasteiger partial charge is 0.508 e. The van der Waals surface area contributed by atoms with Crippen LogP contribution < -0.4 is 10.7 Å². The molecule has 0 heterocycles. The standard InChI is InChI=1S/C23H37N3O3/c1-2-3-4-5-6-7-8-9-10-11-12-13-22(28)24-19-23(29)26-25-18-20-14-16-21(27)17-15-20/h14-18,27H,2-13,19H2,1H3,(H,24,28)(H,26,29)/b25-18+. The zero-order chi connectivity index (χ0) is 21.2. The van der Waals surface area contributed by atoms with Crippen LogP contribution in [0.4, 0.5) is 0 Å². The Morgan fingerprint density at radius 1 is 0.862 bits per heavy atom. The molecule has 6 heteroatoms. The molecule has 29 heavy (non-hydrogen) atoms. The third-order valence-electron chi connectivity index (χ3n) is 4.75. The number of carbonyl (C=O) groups excluding carboxylic acids is 2. The van der Waals surface area contributed by atoms with Crippen molar-refractivity contribution in [1.29, 1.82) is 0 Å². The maximum absolute atomic E-state index is 11.8. The van der Waals surface area contributed by atoms with E-state index >= 15 is 0 Å². The van der Waals surface area contributed by atoms with Gasteiger partial charge >= 0.3 is 0 Å². The fraction of sp³-hybridized carbons (Fsp3) is 0.609. The molecule has 3 N–H and O–H groups in total. The summed E-state index contributed by atoms with van der Waals surface area (Å²) in [5.41, 5.74) is 3.12. The maximum Gasteiger partial charge on any atom is 0.259 e. The van der Waals surface area contributed by atoms with Crippen molar-refractivity contribution in [2.24, 2.45) is 5.10 Å². The van der Waals surface area contributed by atoms with Gasteiger partial charge in [-0.1, -0.05) is 71.1 Å². The van der Waals surface area contributed by atoms with E-state index in [-0.39, 0.29) is 24.1 Å². The normalized spacial score (nSPS) is 10.9. The van der Waals surface area contributed by atoms with Crippen molar-refractivity contribution in [1.82, 2.24) is 10.7 Å². The lowest BCUT2D eigenvalue weighted by atomic mass is 10.1. The quantitative estimate of drug-likeness (QED) is 0.213. The van der Waals surface area contributed by atoms with Gasteiger partial charge < -0.3 is 10.4 Å². The summed E-state index contributed by atoms with van der Waals surface area (Å²) in [7, 11) is 0. The Labute approximate surface area is 175 Å². The van der Waals surface area contributed by atoms with Gasteiger partial charge in [-0.25, -0.2) is 5.43 Å². The average Bonchev–Trinajstić information content (AvgIpc) is 2.72. The molecule has 0 aliphatic heterocycles. The van der Waals surface area contributed by atoms with Gasteiger partial charge in [0.15, 0.2) is 0 Å². The lowest BCUT2D eigenvalue weighted by molar-refractivity contribution is -0.126. The fourth-order valence-electron chi connectivity index (χ4n) is 3.00. The van der Waals surface area contributed by atoms with Crippen LogP contribution in [-0.2, 0) is 9.59 Å². The van der Waals surface area contributed by atoms with E-state index in [0.717, 1.165) is 18.4 Å². The van der Waals surface area contributed by atoms with E-state index in [9.17, 15) is 14.7 Å². The van der Waals surface area contributed by atoms with Crippen LogP contribution in [0.3, 0.4) is 0 Å². The third-order valence-corrected chi connectivity index (χ3v) is 4.75. The summed E-state index contributed by atoms with van der Waals surface area (Å²) in [6, 6.07) is 6.44. The zero-order valence-electron chi connectivity index (χ0n) is 17.8. The SMILES string of the molecule is CCCCCCCCCCCCCC(=O)NCC(=O)N/N=C/c1ccc(O)cc1. The highest BCUT2D eigenvalue weighted by molar-refractivity contribution is 5.86. The van der Waals surface area contributed by atoms with Crippen molar-refractivity contribution in [2.45, 2.75) is 84.0 Å². The highest BCUT2D eigenvalue weighted by Crippen LogP contribution is 2.12. The minimum atomic E-state index is -0.368. The van der Waals surface area contributed by atoms with E-state index in [1.54, 1.807) is 12.1 Å². The molecule has 0 radical (unpaired) electrons. The smallest absolute Gasteiger partial charge is 0.259 e. The van der Waals surface area contributed by atoms with E-state index in [1.807, 2.05) is 0 Å². The van der Waals surface area contributed by atoms with Crippen LogP contribution in [0, 0.1) is 0 Å². The number of hydrogen-bond acceptors (Lipinski definition) is 4. The molecule has 1 rings (SSSR count). The van der Waals surface area contributed by atoms with Crippen LogP contribution in [0.5, 0.6) is 5.75 Å². The number of nitrogens with one attached hydrogen (secondary N) is 2. The number of phenols is 1. The van der Waals surface area contributed by atoms with Gasteiger partial charge in [0.2, 0.25) is 5.91 Å². The Morgan fingerprint density at radius 3 is 2.00 bits per heavy atom. The minimum Gasteiger partial charge on any atom is -0.508 e. The van der Waals surface area contributed by atoms with Gasteiger partial charge in [-0.05, 0) is 36.2 Å². The predicted octanol–water partition coefficient (Wildman–Crippen LogP) is 4.66. The second-order valence-electron chi connectivity index (χ2n) is 7.45. The zero-order valence-corrected chi connectivity index (χ0v) is 17.8. The molecule has 0 aliphatic rings. The van der Waals surface area contributed by atoms with Crippen molar-refractivity contribution in [2.75, 3.05) is 6.54 Å². The van der Waals surface area contributed by atoms with Gasteiger partial charge in [-0.2, -0.15) is 5.10 Å². The molecule has 162 valence electrons. The van der Waals surface area contributed by atoms with Crippen molar-refractivity contribution in [3.8, 4) is 5.75 Å². The van der Waals surface area contributed by atoms with E-state index in [4.69, 9.17) is 0 Å². The van der Waals surface area contributed by atoms with Gasteiger partial charge in [0.05, 0.1) is 12.8 Å². The number of benzene rings is 1. The first-order valence-corrected chi connectivity index (χ1v) is 11.0. The molecule has 0 aliphatic carbocycles. The third kappa shape index (κ3) is 14.3. The summed E-state index contributed by atoms with van der Waals surface area (Å²) in [6.45, 7) is 2.16. The van der Waals surface area contributed by atoms with E-state index in [0.29, 0.717) is 6.42 Å². The summed E-state index contributed by atoms with van der Waals surface area (Å²) in [6.07, 6.45) is 15.6. The van der Waals surface area contributed by atoms with E-state index < -0.39 is 0 Å². The average molecular weight is 404 g/mol. The Morgan fingerprint density at radius 2 is 1.41 bits per heavy atom. The number of unbranched alkanes of at least 4 members (excludes halogenated alkanes) is 10. The fourth-order valence-corrected chi connectivity index (χ4v) is 3.00. The summed E-state index contributed by atoms with van der Waals surface area (Å²) < 4.78 is 0. The first-order chi connectivity index (χ1) is 14.1. The Kier molecular flexibility index (Phi) is 14.1. The van der Waals surface area contributed by atoms with Crippen LogP contribution >= 0.6 is 0 Å². The first-order valence-electron chi connectivity index (χ1n) is 11.0.